The molecule has 3 rings (SSSR count). The van der Waals surface area contributed by atoms with E-state index < -0.39 is 0 Å². The lowest BCUT2D eigenvalue weighted by molar-refractivity contribution is 0.753. The summed E-state index contributed by atoms with van der Waals surface area (Å²) < 4.78 is 1.79. The van der Waals surface area contributed by atoms with E-state index in [0.717, 1.165) is 28.1 Å². The first-order chi connectivity index (χ1) is 9.16. The van der Waals surface area contributed by atoms with Gasteiger partial charge in [0.25, 0.3) is 0 Å². The molecule has 0 bridgehead atoms. The predicted octanol–water partition coefficient (Wildman–Crippen LogP) is 2.10. The van der Waals surface area contributed by atoms with Gasteiger partial charge < -0.3 is 4.90 Å². The first-order valence-corrected chi connectivity index (χ1v) is 6.08. The van der Waals surface area contributed by atoms with Crippen molar-refractivity contribution in [3.8, 4) is 11.4 Å². The third kappa shape index (κ3) is 1.93. The molecular formula is C14H15N5. The highest BCUT2D eigenvalue weighted by molar-refractivity contribution is 5.94. The van der Waals surface area contributed by atoms with Crippen molar-refractivity contribution in [2.24, 2.45) is 7.05 Å². The van der Waals surface area contributed by atoms with Gasteiger partial charge in [-0.3, -0.25) is 4.98 Å². The van der Waals surface area contributed by atoms with E-state index in [1.54, 1.807) is 10.9 Å². The largest absolute Gasteiger partial charge is 0.347 e. The van der Waals surface area contributed by atoms with E-state index in [9.17, 15) is 0 Å². The summed E-state index contributed by atoms with van der Waals surface area (Å²) in [5.41, 5.74) is 1.03. The highest BCUT2D eigenvalue weighted by Crippen LogP contribution is 2.26. The molecule has 1 aromatic carbocycles. The van der Waals surface area contributed by atoms with Crippen molar-refractivity contribution in [2.75, 3.05) is 19.0 Å². The summed E-state index contributed by atoms with van der Waals surface area (Å²) in [6.07, 6.45) is 3.65. The van der Waals surface area contributed by atoms with Gasteiger partial charge in [-0.2, -0.15) is 4.98 Å². The number of anilines is 1. The van der Waals surface area contributed by atoms with Crippen LogP contribution >= 0.6 is 0 Å². The zero-order valence-corrected chi connectivity index (χ0v) is 11.2. The lowest BCUT2D eigenvalue weighted by Crippen LogP contribution is -2.14. The van der Waals surface area contributed by atoms with E-state index in [1.807, 2.05) is 56.5 Å². The maximum Gasteiger partial charge on any atom is 0.223 e. The quantitative estimate of drug-likeness (QED) is 0.701. The Labute approximate surface area is 111 Å². The fourth-order valence-corrected chi connectivity index (χ4v) is 2.20. The van der Waals surface area contributed by atoms with E-state index in [1.165, 1.54) is 0 Å². The van der Waals surface area contributed by atoms with Crippen LogP contribution in [0.2, 0.25) is 0 Å². The van der Waals surface area contributed by atoms with Crippen molar-refractivity contribution in [2.45, 2.75) is 0 Å². The number of rotatable bonds is 2. The zero-order valence-electron chi connectivity index (χ0n) is 11.2. The monoisotopic (exact) mass is 253 g/mol. The van der Waals surface area contributed by atoms with Crippen LogP contribution in [0.1, 0.15) is 0 Å². The first kappa shape index (κ1) is 11.6. The van der Waals surface area contributed by atoms with Crippen molar-refractivity contribution in [1.29, 1.82) is 0 Å². The summed E-state index contributed by atoms with van der Waals surface area (Å²) in [6.45, 7) is 0. The molecule has 0 unspecified atom stereocenters. The van der Waals surface area contributed by atoms with Gasteiger partial charge in [0.05, 0.1) is 0 Å². The second-order valence-corrected chi connectivity index (χ2v) is 4.66. The summed E-state index contributed by atoms with van der Waals surface area (Å²) >= 11 is 0. The lowest BCUT2D eigenvalue weighted by Gasteiger charge is -2.08. The van der Waals surface area contributed by atoms with Gasteiger partial charge in [0.2, 0.25) is 5.95 Å². The Morgan fingerprint density at radius 2 is 2.00 bits per heavy atom. The topological polar surface area (TPSA) is 46.8 Å². The molecule has 5 nitrogen and oxygen atoms in total. The Morgan fingerprint density at radius 3 is 2.74 bits per heavy atom. The number of nitrogens with zero attached hydrogens (tertiary/aromatic N) is 5. The molecule has 2 aromatic heterocycles. The summed E-state index contributed by atoms with van der Waals surface area (Å²) in [5, 5.41) is 6.71. The molecule has 0 saturated heterocycles. The van der Waals surface area contributed by atoms with Gasteiger partial charge in [-0.25, -0.2) is 4.68 Å². The van der Waals surface area contributed by atoms with Crippen LogP contribution < -0.4 is 4.90 Å². The maximum absolute atomic E-state index is 4.59. The maximum atomic E-state index is 4.59. The van der Waals surface area contributed by atoms with Crippen LogP contribution in [-0.2, 0) is 7.05 Å². The number of benzene rings is 1. The SMILES string of the molecule is CN(C)c1nc(-c2cccc3cnccc23)nn1C. The standard InChI is InChI=1S/C14H15N5/c1-18(2)14-16-13(17-19(14)3)12-6-4-5-10-9-15-8-7-11(10)12/h4-9H,1-3H3. The van der Waals surface area contributed by atoms with Gasteiger partial charge in [0.15, 0.2) is 5.82 Å². The second kappa shape index (κ2) is 4.35. The Kier molecular flexibility index (Phi) is 2.67. The normalized spacial score (nSPS) is 10.9. The number of fused-ring (bicyclic) bond motifs is 1. The minimum absolute atomic E-state index is 0.739. The summed E-state index contributed by atoms with van der Waals surface area (Å²) in [7, 11) is 5.82. The molecule has 96 valence electrons. The summed E-state index contributed by atoms with van der Waals surface area (Å²) in [4.78, 5) is 10.7. The molecule has 0 radical (unpaired) electrons. The van der Waals surface area contributed by atoms with Crippen molar-refractivity contribution in [3.05, 3.63) is 36.7 Å². The Balaban J connectivity index is 2.22. The number of aromatic nitrogens is 4. The lowest BCUT2D eigenvalue weighted by atomic mass is 10.1. The number of hydrogen-bond donors (Lipinski definition) is 0. The summed E-state index contributed by atoms with van der Waals surface area (Å²) in [5.74, 6) is 1.57. The molecule has 0 saturated carbocycles. The molecule has 3 aromatic rings. The van der Waals surface area contributed by atoms with Crippen LogP contribution in [0.3, 0.4) is 0 Å². The molecule has 2 heterocycles. The predicted molar refractivity (Wildman–Crippen MR) is 76.1 cm³/mol. The number of hydrogen-bond acceptors (Lipinski definition) is 4. The third-order valence-electron chi connectivity index (χ3n) is 3.06. The van der Waals surface area contributed by atoms with Gasteiger partial charge in [-0.1, -0.05) is 18.2 Å². The number of aryl methyl sites for hydroxylation is 1. The Morgan fingerprint density at radius 1 is 1.16 bits per heavy atom. The molecule has 0 N–H and O–H groups in total. The van der Waals surface area contributed by atoms with E-state index in [2.05, 4.69) is 15.1 Å². The van der Waals surface area contributed by atoms with Gasteiger partial charge in [-0.15, -0.1) is 5.10 Å². The van der Waals surface area contributed by atoms with Crippen molar-refractivity contribution in [3.63, 3.8) is 0 Å². The highest BCUT2D eigenvalue weighted by atomic mass is 15.4. The smallest absolute Gasteiger partial charge is 0.223 e. The first-order valence-electron chi connectivity index (χ1n) is 6.08. The molecule has 0 amide bonds. The molecular weight excluding hydrogens is 238 g/mol. The zero-order chi connectivity index (χ0) is 13.4. The molecule has 0 aliphatic heterocycles. The molecule has 19 heavy (non-hydrogen) atoms. The molecule has 0 atom stereocenters. The molecule has 5 heteroatoms. The van der Waals surface area contributed by atoms with E-state index in [4.69, 9.17) is 0 Å². The molecule has 0 spiro atoms. The minimum atomic E-state index is 0.739. The van der Waals surface area contributed by atoms with Crippen LogP contribution in [0.5, 0.6) is 0 Å². The third-order valence-corrected chi connectivity index (χ3v) is 3.06. The Hall–Kier alpha value is -2.43. The average molecular weight is 253 g/mol. The van der Waals surface area contributed by atoms with Crippen LogP contribution in [0.4, 0.5) is 5.95 Å². The van der Waals surface area contributed by atoms with Crippen molar-refractivity contribution in [1.82, 2.24) is 19.7 Å². The van der Waals surface area contributed by atoms with E-state index >= 15 is 0 Å². The molecule has 0 fully saturated rings. The van der Waals surface area contributed by atoms with Crippen LogP contribution in [0.15, 0.2) is 36.7 Å². The number of pyridine rings is 1. The fourth-order valence-electron chi connectivity index (χ4n) is 2.20. The summed E-state index contributed by atoms with van der Waals surface area (Å²) in [6, 6.07) is 8.08. The van der Waals surface area contributed by atoms with Gasteiger partial charge >= 0.3 is 0 Å². The van der Waals surface area contributed by atoms with Crippen LogP contribution in [-0.4, -0.2) is 33.8 Å². The van der Waals surface area contributed by atoms with Gasteiger partial charge in [0.1, 0.15) is 0 Å². The highest BCUT2D eigenvalue weighted by Gasteiger charge is 2.12. The Bertz CT molecular complexity index is 724. The van der Waals surface area contributed by atoms with E-state index in [0.29, 0.717) is 0 Å². The minimum Gasteiger partial charge on any atom is -0.347 e. The fraction of sp³-hybridized carbons (Fsp3) is 0.214. The van der Waals surface area contributed by atoms with Crippen molar-refractivity contribution >= 4 is 16.7 Å². The second-order valence-electron chi connectivity index (χ2n) is 4.66. The van der Waals surface area contributed by atoms with Crippen LogP contribution in [0.25, 0.3) is 22.2 Å². The van der Waals surface area contributed by atoms with E-state index in [-0.39, 0.29) is 0 Å². The van der Waals surface area contributed by atoms with Crippen LogP contribution in [0, 0.1) is 0 Å². The average Bonchev–Trinajstić information content (AvgIpc) is 2.80. The van der Waals surface area contributed by atoms with Gasteiger partial charge in [0, 0.05) is 44.5 Å². The molecule has 0 aliphatic carbocycles. The van der Waals surface area contributed by atoms with Crippen molar-refractivity contribution < 1.29 is 0 Å². The molecule has 0 aliphatic rings. The van der Waals surface area contributed by atoms with Gasteiger partial charge in [-0.05, 0) is 11.5 Å².